The molecule has 0 N–H and O–H groups in total. The monoisotopic (exact) mass is 496 g/mol. The van der Waals surface area contributed by atoms with Crippen LogP contribution in [-0.4, -0.2) is 22.3 Å². The number of aryl methyl sites for hydroxylation is 1. The average molecular weight is 497 g/mol. The predicted molar refractivity (Wildman–Crippen MR) is 161 cm³/mol. The van der Waals surface area contributed by atoms with Gasteiger partial charge in [0.25, 0.3) is 0 Å². The molecule has 0 saturated carbocycles. The van der Waals surface area contributed by atoms with Gasteiger partial charge in [-0.25, -0.2) is 0 Å². The Bertz CT molecular complexity index is 1860. The van der Waals surface area contributed by atoms with Crippen molar-refractivity contribution in [1.29, 1.82) is 0 Å². The predicted octanol–water partition coefficient (Wildman–Crippen LogP) is 8.47. The second-order valence-corrected chi connectivity index (χ2v) is 11.0. The summed E-state index contributed by atoms with van der Waals surface area (Å²) >= 11 is 0. The molecule has 0 spiro atoms. The highest BCUT2D eigenvalue weighted by Gasteiger charge is 2.36. The lowest BCUT2D eigenvalue weighted by Gasteiger charge is -2.39. The van der Waals surface area contributed by atoms with Gasteiger partial charge in [0.15, 0.2) is 0 Å². The Morgan fingerprint density at radius 3 is 2.68 bits per heavy atom. The van der Waals surface area contributed by atoms with Crippen molar-refractivity contribution in [2.45, 2.75) is 39.2 Å². The van der Waals surface area contributed by atoms with Crippen molar-refractivity contribution in [2.75, 3.05) is 13.2 Å². The van der Waals surface area contributed by atoms with Crippen molar-refractivity contribution in [3.05, 3.63) is 107 Å². The summed E-state index contributed by atoms with van der Waals surface area (Å²) in [6.45, 7) is 9.15. The largest absolute Gasteiger partial charge is 0.379 e. The zero-order valence-corrected chi connectivity index (χ0v) is 22.3. The first kappa shape index (κ1) is 23.1. The second-order valence-electron chi connectivity index (χ2n) is 11.0. The van der Waals surface area contributed by atoms with Gasteiger partial charge < -0.3 is 13.9 Å². The number of aromatic nitrogens is 2. The van der Waals surface area contributed by atoms with Crippen molar-refractivity contribution in [3.8, 4) is 0 Å². The Labute approximate surface area is 223 Å². The van der Waals surface area contributed by atoms with Crippen LogP contribution in [-0.2, 0) is 16.7 Å². The maximum absolute atomic E-state index is 5.56. The van der Waals surface area contributed by atoms with E-state index in [2.05, 4.69) is 121 Å². The summed E-state index contributed by atoms with van der Waals surface area (Å²) in [7, 11) is 0. The fraction of sp³-hybridized carbons (Fsp3) is 0.229. The minimum absolute atomic E-state index is 0.137. The Kier molecular flexibility index (Phi) is 5.33. The van der Waals surface area contributed by atoms with E-state index in [0.29, 0.717) is 0 Å². The second kappa shape index (κ2) is 8.77. The lowest BCUT2D eigenvalue weighted by Crippen LogP contribution is -2.44. The van der Waals surface area contributed by atoms with E-state index in [1.54, 1.807) is 0 Å². The molecule has 1 saturated heterocycles. The number of benzene rings is 3. The van der Waals surface area contributed by atoms with E-state index in [1.165, 1.54) is 60.7 Å². The van der Waals surface area contributed by atoms with Crippen LogP contribution in [0.3, 0.4) is 0 Å². The van der Waals surface area contributed by atoms with E-state index in [4.69, 9.17) is 4.74 Å². The lowest BCUT2D eigenvalue weighted by atomic mass is 9.78. The summed E-state index contributed by atoms with van der Waals surface area (Å²) in [5.74, 6) is 0. The van der Waals surface area contributed by atoms with Crippen LogP contribution in [0.4, 0.5) is 0 Å². The quantitative estimate of drug-likeness (QED) is 0.223. The van der Waals surface area contributed by atoms with Gasteiger partial charge in [0.1, 0.15) is 0 Å². The third-order valence-electron chi connectivity index (χ3n) is 8.26. The van der Waals surface area contributed by atoms with E-state index in [-0.39, 0.29) is 5.41 Å². The molecule has 5 aromatic rings. The van der Waals surface area contributed by atoms with Gasteiger partial charge in [-0.1, -0.05) is 74.5 Å². The molecular weight excluding hydrogens is 464 g/mol. The number of para-hydroxylation sites is 1. The van der Waals surface area contributed by atoms with Crippen LogP contribution >= 0.6 is 0 Å². The molecule has 1 aliphatic heterocycles. The molecule has 0 unspecified atom stereocenters. The number of nitrogens with zero attached hydrogens (tertiary/aromatic N) is 2. The van der Waals surface area contributed by atoms with Gasteiger partial charge in [-0.2, -0.15) is 0 Å². The van der Waals surface area contributed by atoms with E-state index >= 15 is 0 Å². The number of hydrogen-bond donors (Lipinski definition) is 0. The normalized spacial score (nSPS) is 16.1. The van der Waals surface area contributed by atoms with Crippen molar-refractivity contribution >= 4 is 51.1 Å². The molecule has 3 aromatic carbocycles. The van der Waals surface area contributed by atoms with E-state index < -0.39 is 0 Å². The van der Waals surface area contributed by atoms with Crippen molar-refractivity contribution < 1.29 is 4.74 Å². The fourth-order valence-corrected chi connectivity index (χ4v) is 6.41. The molecule has 2 aromatic heterocycles. The van der Waals surface area contributed by atoms with Crippen LogP contribution in [0.25, 0.3) is 51.1 Å². The maximum Gasteiger partial charge on any atom is 0.0596 e. The number of allylic oxidation sites excluding steroid dienone is 3. The molecule has 3 heteroatoms. The molecule has 7 rings (SSSR count). The third-order valence-corrected chi connectivity index (χ3v) is 8.26. The summed E-state index contributed by atoms with van der Waals surface area (Å²) in [6.07, 6.45) is 13.9. The van der Waals surface area contributed by atoms with Gasteiger partial charge in [-0.15, -0.1) is 5.73 Å². The van der Waals surface area contributed by atoms with Crippen LogP contribution in [0.5, 0.6) is 0 Å². The van der Waals surface area contributed by atoms with E-state index in [9.17, 15) is 0 Å². The van der Waals surface area contributed by atoms with Crippen LogP contribution < -0.4 is 0 Å². The highest BCUT2D eigenvalue weighted by Crippen LogP contribution is 2.40. The maximum atomic E-state index is 5.56. The average Bonchev–Trinajstić information content (AvgIpc) is 3.24. The van der Waals surface area contributed by atoms with Gasteiger partial charge in [-0.3, -0.25) is 0 Å². The Hall–Kier alpha value is -4.04. The molecule has 3 nitrogen and oxygen atoms in total. The number of fused-ring (bicyclic) bond motifs is 7. The molecule has 0 amide bonds. The van der Waals surface area contributed by atoms with Crippen LogP contribution in [0, 0.1) is 6.92 Å². The Morgan fingerprint density at radius 2 is 1.89 bits per heavy atom. The van der Waals surface area contributed by atoms with Crippen molar-refractivity contribution in [3.63, 3.8) is 0 Å². The summed E-state index contributed by atoms with van der Waals surface area (Å²) < 4.78 is 10.4. The molecule has 188 valence electrons. The zero-order chi connectivity index (χ0) is 25.9. The fourth-order valence-electron chi connectivity index (χ4n) is 6.41. The SMILES string of the molecule is CC/C=C/n1c2ccccc2c2c3c(ccc21)c1c(n3Cc2ccc(C3(C)COC3)c(C)c2)C=C=CC=C1. The minimum Gasteiger partial charge on any atom is -0.379 e. The van der Waals surface area contributed by atoms with Crippen LogP contribution in [0.15, 0.2) is 78.6 Å². The smallest absolute Gasteiger partial charge is 0.0596 e. The summed E-state index contributed by atoms with van der Waals surface area (Å²) in [5, 5.41) is 3.88. The van der Waals surface area contributed by atoms with Crippen LogP contribution in [0.2, 0.25) is 0 Å². The highest BCUT2D eigenvalue weighted by molar-refractivity contribution is 6.22. The molecular formula is C35H32N2O. The molecule has 38 heavy (non-hydrogen) atoms. The van der Waals surface area contributed by atoms with Gasteiger partial charge in [0.05, 0.1) is 35.5 Å². The number of ether oxygens (including phenoxy) is 1. The van der Waals surface area contributed by atoms with E-state index in [0.717, 1.165) is 26.2 Å². The summed E-state index contributed by atoms with van der Waals surface area (Å²) in [4.78, 5) is 0. The Morgan fingerprint density at radius 1 is 1.03 bits per heavy atom. The molecule has 1 aliphatic carbocycles. The number of hydrogen-bond acceptors (Lipinski definition) is 1. The van der Waals surface area contributed by atoms with Gasteiger partial charge in [0, 0.05) is 46.0 Å². The Balaban J connectivity index is 1.51. The summed E-state index contributed by atoms with van der Waals surface area (Å²) in [6, 6.07) is 20.4. The zero-order valence-electron chi connectivity index (χ0n) is 22.3. The first-order chi connectivity index (χ1) is 18.6. The van der Waals surface area contributed by atoms with Gasteiger partial charge in [0.2, 0.25) is 0 Å². The molecule has 2 aliphatic rings. The number of rotatable bonds is 5. The lowest BCUT2D eigenvalue weighted by molar-refractivity contribution is -0.0503. The van der Waals surface area contributed by atoms with E-state index in [1.807, 2.05) is 6.08 Å². The van der Waals surface area contributed by atoms with Gasteiger partial charge in [-0.05, 0) is 48.2 Å². The molecule has 1 fully saturated rings. The van der Waals surface area contributed by atoms with Gasteiger partial charge >= 0.3 is 0 Å². The standard InChI is InChI=1S/C35H32N2O/c1-4-5-19-36-31-14-10-9-12-28(31)33-32(36)18-16-27-26-11-7-6-8-13-30(26)37(34(27)33)21-25-15-17-29(24(2)20-25)35(3)22-38-23-35/h5-7,9-20H,4,21-23H2,1-3H3/b19-5+. The first-order valence-corrected chi connectivity index (χ1v) is 13.6. The van der Waals surface area contributed by atoms with Crippen molar-refractivity contribution in [1.82, 2.24) is 9.13 Å². The summed E-state index contributed by atoms with van der Waals surface area (Å²) in [5.41, 5.74) is 13.8. The first-order valence-electron chi connectivity index (χ1n) is 13.6. The highest BCUT2D eigenvalue weighted by atomic mass is 16.5. The van der Waals surface area contributed by atoms with Crippen molar-refractivity contribution in [2.24, 2.45) is 0 Å². The topological polar surface area (TPSA) is 19.1 Å². The molecule has 3 heterocycles. The molecule has 0 atom stereocenters. The minimum atomic E-state index is 0.137. The molecule has 0 radical (unpaired) electrons. The van der Waals surface area contributed by atoms with Crippen LogP contribution in [0.1, 0.15) is 48.2 Å². The third kappa shape index (κ3) is 3.40. The molecule has 0 bridgehead atoms.